The summed E-state index contributed by atoms with van der Waals surface area (Å²) in [6.45, 7) is 3.27. The van der Waals surface area contributed by atoms with Crippen molar-refractivity contribution in [3.05, 3.63) is 12.2 Å². The quantitative estimate of drug-likeness (QED) is 0.611. The lowest BCUT2D eigenvalue weighted by Gasteiger charge is -2.14. The fourth-order valence-electron chi connectivity index (χ4n) is 2.00. The molecule has 6 nitrogen and oxygen atoms in total. The number of hydrogen-bond acceptors (Lipinski definition) is 4. The van der Waals surface area contributed by atoms with Gasteiger partial charge in [0.15, 0.2) is 0 Å². The summed E-state index contributed by atoms with van der Waals surface area (Å²) in [7, 11) is 0. The third kappa shape index (κ3) is 5.77. The zero-order valence-corrected chi connectivity index (χ0v) is 11.0. The molecule has 0 saturated carbocycles. The van der Waals surface area contributed by atoms with Crippen LogP contribution in [0.25, 0.3) is 0 Å². The molecule has 0 saturated heterocycles. The van der Waals surface area contributed by atoms with Gasteiger partial charge < -0.3 is 11.1 Å². The number of aromatic amines is 1. The van der Waals surface area contributed by atoms with Gasteiger partial charge in [0.05, 0.1) is 6.54 Å². The van der Waals surface area contributed by atoms with Crippen LogP contribution in [-0.2, 0) is 11.3 Å². The Morgan fingerprint density at radius 1 is 1.50 bits per heavy atom. The second-order valence-electron chi connectivity index (χ2n) is 4.48. The van der Waals surface area contributed by atoms with E-state index in [4.69, 9.17) is 5.73 Å². The molecule has 0 aliphatic heterocycles. The fourth-order valence-corrected chi connectivity index (χ4v) is 2.00. The Hall–Kier alpha value is -1.43. The van der Waals surface area contributed by atoms with E-state index in [1.165, 1.54) is 6.33 Å². The SMILES string of the molecule is CCCC(CCN)CCC(=O)NCc1ncn[nH]1. The first-order chi connectivity index (χ1) is 8.76. The van der Waals surface area contributed by atoms with Gasteiger partial charge in [0.1, 0.15) is 12.2 Å². The van der Waals surface area contributed by atoms with Gasteiger partial charge >= 0.3 is 0 Å². The first-order valence-corrected chi connectivity index (χ1v) is 6.57. The Kier molecular flexibility index (Phi) is 7.01. The van der Waals surface area contributed by atoms with Gasteiger partial charge in [-0.3, -0.25) is 9.89 Å². The Labute approximate surface area is 108 Å². The zero-order chi connectivity index (χ0) is 13.2. The van der Waals surface area contributed by atoms with E-state index in [1.54, 1.807) is 0 Å². The lowest BCUT2D eigenvalue weighted by Crippen LogP contribution is -2.24. The van der Waals surface area contributed by atoms with Crippen molar-refractivity contribution in [2.24, 2.45) is 11.7 Å². The Morgan fingerprint density at radius 3 is 2.94 bits per heavy atom. The van der Waals surface area contributed by atoms with E-state index >= 15 is 0 Å². The van der Waals surface area contributed by atoms with Crippen molar-refractivity contribution in [2.45, 2.75) is 45.6 Å². The number of rotatable bonds is 9. The number of nitrogens with one attached hydrogen (secondary N) is 2. The van der Waals surface area contributed by atoms with Gasteiger partial charge in [-0.25, -0.2) is 4.98 Å². The normalized spacial score (nSPS) is 12.3. The summed E-state index contributed by atoms with van der Waals surface area (Å²) in [5.74, 6) is 1.30. The number of hydrogen-bond donors (Lipinski definition) is 3. The second-order valence-corrected chi connectivity index (χ2v) is 4.48. The molecule has 1 atom stereocenters. The van der Waals surface area contributed by atoms with E-state index < -0.39 is 0 Å². The highest BCUT2D eigenvalue weighted by Gasteiger charge is 2.10. The van der Waals surface area contributed by atoms with Crippen molar-refractivity contribution in [3.63, 3.8) is 0 Å². The number of carbonyl (C=O) groups excluding carboxylic acids is 1. The molecule has 0 bridgehead atoms. The van der Waals surface area contributed by atoms with Crippen molar-refractivity contribution >= 4 is 5.91 Å². The Bertz CT molecular complexity index is 319. The summed E-state index contributed by atoms with van der Waals surface area (Å²) in [5.41, 5.74) is 5.57. The summed E-state index contributed by atoms with van der Waals surface area (Å²) < 4.78 is 0. The lowest BCUT2D eigenvalue weighted by molar-refractivity contribution is -0.121. The highest BCUT2D eigenvalue weighted by Crippen LogP contribution is 2.16. The standard InChI is InChI=1S/C12H23N5O/c1-2-3-10(6-7-13)4-5-12(18)14-8-11-15-9-16-17-11/h9-10H,2-8,13H2,1H3,(H,14,18)(H,15,16,17). The molecule has 0 aliphatic rings. The fraction of sp³-hybridized carbons (Fsp3) is 0.750. The predicted octanol–water partition coefficient (Wildman–Crippen LogP) is 0.966. The Morgan fingerprint density at radius 2 is 2.33 bits per heavy atom. The van der Waals surface area contributed by atoms with E-state index in [0.717, 1.165) is 25.7 Å². The van der Waals surface area contributed by atoms with Gasteiger partial charge in [-0.05, 0) is 25.3 Å². The minimum Gasteiger partial charge on any atom is -0.349 e. The van der Waals surface area contributed by atoms with Gasteiger partial charge in [-0.2, -0.15) is 5.10 Å². The molecule has 0 spiro atoms. The third-order valence-electron chi connectivity index (χ3n) is 2.97. The highest BCUT2D eigenvalue weighted by molar-refractivity contribution is 5.75. The van der Waals surface area contributed by atoms with Gasteiger partial charge in [-0.15, -0.1) is 0 Å². The molecule has 1 aromatic rings. The Balaban J connectivity index is 2.18. The summed E-state index contributed by atoms with van der Waals surface area (Å²) >= 11 is 0. The molecule has 1 heterocycles. The van der Waals surface area contributed by atoms with Crippen molar-refractivity contribution in [3.8, 4) is 0 Å². The van der Waals surface area contributed by atoms with Crippen LogP contribution in [0.15, 0.2) is 6.33 Å². The number of nitrogens with zero attached hydrogens (tertiary/aromatic N) is 2. The van der Waals surface area contributed by atoms with Crippen LogP contribution in [0, 0.1) is 5.92 Å². The van der Waals surface area contributed by atoms with Crippen LogP contribution < -0.4 is 11.1 Å². The topological polar surface area (TPSA) is 96.7 Å². The molecule has 1 aromatic heterocycles. The number of H-pyrrole nitrogens is 1. The third-order valence-corrected chi connectivity index (χ3v) is 2.97. The van der Waals surface area contributed by atoms with Crippen LogP contribution in [0.3, 0.4) is 0 Å². The number of carbonyl (C=O) groups is 1. The van der Waals surface area contributed by atoms with Crippen molar-refractivity contribution in [1.29, 1.82) is 0 Å². The molecule has 1 amide bonds. The smallest absolute Gasteiger partial charge is 0.220 e. The zero-order valence-electron chi connectivity index (χ0n) is 11.0. The van der Waals surface area contributed by atoms with Crippen molar-refractivity contribution in [1.82, 2.24) is 20.5 Å². The minimum atomic E-state index is 0.0597. The molecule has 1 unspecified atom stereocenters. The van der Waals surface area contributed by atoms with Gasteiger partial charge in [0, 0.05) is 6.42 Å². The molecule has 4 N–H and O–H groups in total. The molecular formula is C12H23N5O. The van der Waals surface area contributed by atoms with Crippen LogP contribution in [0.5, 0.6) is 0 Å². The summed E-state index contributed by atoms with van der Waals surface area (Å²) in [5, 5.41) is 9.25. The summed E-state index contributed by atoms with van der Waals surface area (Å²) in [4.78, 5) is 15.6. The predicted molar refractivity (Wildman–Crippen MR) is 69.5 cm³/mol. The molecule has 102 valence electrons. The monoisotopic (exact) mass is 253 g/mol. The van der Waals surface area contributed by atoms with E-state index in [2.05, 4.69) is 27.4 Å². The number of nitrogens with two attached hydrogens (primary N) is 1. The summed E-state index contributed by atoms with van der Waals surface area (Å²) in [6.07, 6.45) is 6.19. The van der Waals surface area contributed by atoms with Gasteiger partial charge in [0.2, 0.25) is 5.91 Å². The first-order valence-electron chi connectivity index (χ1n) is 6.57. The van der Waals surface area contributed by atoms with Crippen molar-refractivity contribution in [2.75, 3.05) is 6.54 Å². The second kappa shape index (κ2) is 8.63. The molecule has 18 heavy (non-hydrogen) atoms. The van der Waals surface area contributed by atoms with Gasteiger partial charge in [-0.1, -0.05) is 19.8 Å². The van der Waals surface area contributed by atoms with E-state index in [9.17, 15) is 4.79 Å². The van der Waals surface area contributed by atoms with Crippen LogP contribution >= 0.6 is 0 Å². The van der Waals surface area contributed by atoms with Crippen molar-refractivity contribution < 1.29 is 4.79 Å². The molecule has 0 aromatic carbocycles. The molecular weight excluding hydrogens is 230 g/mol. The van der Waals surface area contributed by atoms with Crippen LogP contribution in [-0.4, -0.2) is 27.6 Å². The minimum absolute atomic E-state index is 0.0597. The number of aromatic nitrogens is 3. The summed E-state index contributed by atoms with van der Waals surface area (Å²) in [6, 6.07) is 0. The van der Waals surface area contributed by atoms with Crippen LogP contribution in [0.2, 0.25) is 0 Å². The maximum Gasteiger partial charge on any atom is 0.220 e. The first kappa shape index (κ1) is 14.6. The molecule has 6 heteroatoms. The maximum absolute atomic E-state index is 11.6. The van der Waals surface area contributed by atoms with E-state index in [0.29, 0.717) is 31.3 Å². The molecule has 1 rings (SSSR count). The molecule has 0 radical (unpaired) electrons. The highest BCUT2D eigenvalue weighted by atomic mass is 16.1. The van der Waals surface area contributed by atoms with E-state index in [1.807, 2.05) is 0 Å². The van der Waals surface area contributed by atoms with Crippen LogP contribution in [0.1, 0.15) is 44.9 Å². The molecule has 0 aliphatic carbocycles. The maximum atomic E-state index is 11.6. The lowest BCUT2D eigenvalue weighted by atomic mass is 9.94. The average molecular weight is 253 g/mol. The average Bonchev–Trinajstić information content (AvgIpc) is 2.87. The van der Waals surface area contributed by atoms with Gasteiger partial charge in [0.25, 0.3) is 0 Å². The van der Waals surface area contributed by atoms with Crippen LogP contribution in [0.4, 0.5) is 0 Å². The van der Waals surface area contributed by atoms with E-state index in [-0.39, 0.29) is 5.91 Å². The molecule has 0 fully saturated rings. The largest absolute Gasteiger partial charge is 0.349 e. The number of amides is 1.